The lowest BCUT2D eigenvalue weighted by Gasteiger charge is -2.10. The Labute approximate surface area is 181 Å². The molecular formula is C26H22N2O3. The number of benzene rings is 4. The molecule has 0 saturated heterocycles. The molecule has 5 heteroatoms. The zero-order valence-corrected chi connectivity index (χ0v) is 16.9. The Kier molecular flexibility index (Phi) is 6.55. The van der Waals surface area contributed by atoms with E-state index >= 15 is 0 Å². The molecule has 5 nitrogen and oxygen atoms in total. The van der Waals surface area contributed by atoms with E-state index < -0.39 is 0 Å². The van der Waals surface area contributed by atoms with Gasteiger partial charge >= 0.3 is 0 Å². The number of nitrogens with zero attached hydrogens (tertiary/aromatic N) is 2. The van der Waals surface area contributed by atoms with E-state index in [4.69, 9.17) is 9.47 Å². The van der Waals surface area contributed by atoms with Crippen LogP contribution in [-0.2, 0) is 13.2 Å². The van der Waals surface area contributed by atoms with Crippen molar-refractivity contribution in [2.75, 3.05) is 0 Å². The molecule has 4 rings (SSSR count). The summed E-state index contributed by atoms with van der Waals surface area (Å²) in [6, 6.07) is 33.9. The van der Waals surface area contributed by atoms with Crippen molar-refractivity contribution in [2.24, 2.45) is 5.11 Å². The zero-order chi connectivity index (χ0) is 21.3. The van der Waals surface area contributed by atoms with Gasteiger partial charge in [-0.2, -0.15) is 0 Å². The van der Waals surface area contributed by atoms with Crippen LogP contribution in [0.5, 0.6) is 11.5 Å². The number of azo groups is 1. The zero-order valence-electron chi connectivity index (χ0n) is 16.9. The first-order valence-electron chi connectivity index (χ1n) is 10.00. The molecule has 0 fully saturated rings. The highest BCUT2D eigenvalue weighted by atomic mass is 16.5. The summed E-state index contributed by atoms with van der Waals surface area (Å²) in [5, 5.41) is 17.1. The molecule has 0 aliphatic rings. The minimum Gasteiger partial charge on any atom is -0.594 e. The Morgan fingerprint density at radius 1 is 0.581 bits per heavy atom. The van der Waals surface area contributed by atoms with Crippen LogP contribution in [0.3, 0.4) is 0 Å². The maximum atomic E-state index is 12.9. The average molecular weight is 410 g/mol. The van der Waals surface area contributed by atoms with Gasteiger partial charge in [-0.05, 0) is 34.2 Å². The summed E-state index contributed by atoms with van der Waals surface area (Å²) in [4.78, 5) is 0.574. The molecular weight excluding hydrogens is 388 g/mol. The normalized spacial score (nSPS) is 11.2. The molecule has 0 radical (unpaired) electrons. The summed E-state index contributed by atoms with van der Waals surface area (Å²) in [7, 11) is 0. The van der Waals surface area contributed by atoms with Gasteiger partial charge in [0.05, 0.1) is 0 Å². The minimum absolute atomic E-state index is 0.330. The van der Waals surface area contributed by atoms with E-state index in [9.17, 15) is 5.21 Å². The van der Waals surface area contributed by atoms with Crippen LogP contribution in [0.4, 0.5) is 11.4 Å². The molecule has 4 aromatic rings. The van der Waals surface area contributed by atoms with E-state index in [1.165, 1.54) is 0 Å². The van der Waals surface area contributed by atoms with Gasteiger partial charge in [-0.25, -0.2) is 0 Å². The van der Waals surface area contributed by atoms with E-state index in [1.54, 1.807) is 30.3 Å². The molecule has 0 unspecified atom stereocenters. The second kappa shape index (κ2) is 10.1. The molecule has 0 saturated carbocycles. The summed E-state index contributed by atoms with van der Waals surface area (Å²) >= 11 is 0. The molecule has 0 N–H and O–H groups in total. The maximum absolute atomic E-state index is 12.9. The number of ether oxygens (including phenoxy) is 2. The van der Waals surface area contributed by atoms with Crippen molar-refractivity contribution < 1.29 is 14.3 Å². The van der Waals surface area contributed by atoms with Gasteiger partial charge in [-0.15, -0.1) is 0 Å². The van der Waals surface area contributed by atoms with Gasteiger partial charge in [0.25, 0.3) is 5.69 Å². The molecule has 0 heterocycles. The highest BCUT2D eigenvalue weighted by Crippen LogP contribution is 2.32. The lowest BCUT2D eigenvalue weighted by Crippen LogP contribution is -2.00. The molecule has 0 amide bonds. The molecule has 0 bridgehead atoms. The molecule has 0 spiro atoms. The third-order valence-corrected chi connectivity index (χ3v) is 4.61. The largest absolute Gasteiger partial charge is 0.594 e. The molecule has 0 aliphatic heterocycles. The summed E-state index contributed by atoms with van der Waals surface area (Å²) in [6.45, 7) is 0.755. The lowest BCUT2D eigenvalue weighted by molar-refractivity contribution is -0.436. The number of hydrogen-bond donors (Lipinski definition) is 0. The molecule has 0 aliphatic carbocycles. The molecule has 0 aromatic heterocycles. The fraction of sp³-hybridized carbons (Fsp3) is 0.0769. The van der Waals surface area contributed by atoms with Gasteiger partial charge in [-0.3, -0.25) is 0 Å². The Bertz CT molecular complexity index is 1150. The van der Waals surface area contributed by atoms with Crippen LogP contribution < -0.4 is 9.47 Å². The molecule has 0 atom stereocenters. The summed E-state index contributed by atoms with van der Waals surface area (Å²) in [6.07, 6.45) is 0. The molecule has 154 valence electrons. The van der Waals surface area contributed by atoms with Crippen molar-refractivity contribution in [3.8, 4) is 11.5 Å². The van der Waals surface area contributed by atoms with Gasteiger partial charge in [0.1, 0.15) is 13.2 Å². The van der Waals surface area contributed by atoms with Crippen LogP contribution in [-0.4, -0.2) is 4.86 Å². The first kappa shape index (κ1) is 20.2. The van der Waals surface area contributed by atoms with Gasteiger partial charge in [-0.1, -0.05) is 84.9 Å². The fourth-order valence-corrected chi connectivity index (χ4v) is 3.02. The Balaban J connectivity index is 1.53. The van der Waals surface area contributed by atoms with Crippen molar-refractivity contribution in [3.05, 3.63) is 126 Å². The SMILES string of the molecule is [O-][N+](=Nc1ccccc1OCc1ccccc1)c1ccccc1OCc1ccccc1. The van der Waals surface area contributed by atoms with Gasteiger partial charge in [0.2, 0.25) is 0 Å². The van der Waals surface area contributed by atoms with Crippen LogP contribution >= 0.6 is 0 Å². The van der Waals surface area contributed by atoms with Crippen molar-refractivity contribution in [3.63, 3.8) is 0 Å². The number of para-hydroxylation sites is 3. The lowest BCUT2D eigenvalue weighted by atomic mass is 10.2. The van der Waals surface area contributed by atoms with Crippen LogP contribution in [0.15, 0.2) is 114 Å². The van der Waals surface area contributed by atoms with E-state index in [0.29, 0.717) is 40.9 Å². The van der Waals surface area contributed by atoms with Crippen molar-refractivity contribution in [2.45, 2.75) is 13.2 Å². The number of rotatable bonds is 8. The third-order valence-electron chi connectivity index (χ3n) is 4.61. The quantitative estimate of drug-likeness (QED) is 0.183. The number of hydrogen-bond acceptors (Lipinski definition) is 4. The van der Waals surface area contributed by atoms with E-state index in [0.717, 1.165) is 11.1 Å². The summed E-state index contributed by atoms with van der Waals surface area (Å²) in [5.41, 5.74) is 2.84. The van der Waals surface area contributed by atoms with E-state index in [2.05, 4.69) is 5.11 Å². The highest BCUT2D eigenvalue weighted by Gasteiger charge is 2.14. The van der Waals surface area contributed by atoms with Crippen molar-refractivity contribution in [1.29, 1.82) is 0 Å². The predicted molar refractivity (Wildman–Crippen MR) is 120 cm³/mol. The smallest absolute Gasteiger partial charge is 0.286 e. The molecule has 31 heavy (non-hydrogen) atoms. The topological polar surface area (TPSA) is 56.9 Å². The average Bonchev–Trinajstić information content (AvgIpc) is 2.83. The second-order valence-corrected chi connectivity index (χ2v) is 6.86. The third kappa shape index (κ3) is 5.48. The van der Waals surface area contributed by atoms with E-state index in [1.807, 2.05) is 78.9 Å². The van der Waals surface area contributed by atoms with Crippen LogP contribution in [0.2, 0.25) is 0 Å². The second-order valence-electron chi connectivity index (χ2n) is 6.86. The van der Waals surface area contributed by atoms with Crippen LogP contribution in [0, 0.1) is 5.21 Å². The van der Waals surface area contributed by atoms with Gasteiger partial charge < -0.3 is 14.7 Å². The monoisotopic (exact) mass is 410 g/mol. The van der Waals surface area contributed by atoms with Crippen molar-refractivity contribution in [1.82, 2.24) is 0 Å². The van der Waals surface area contributed by atoms with E-state index in [-0.39, 0.29) is 0 Å². The maximum Gasteiger partial charge on any atom is 0.286 e. The van der Waals surface area contributed by atoms with Crippen LogP contribution in [0.1, 0.15) is 11.1 Å². The van der Waals surface area contributed by atoms with Gasteiger partial charge in [0, 0.05) is 11.2 Å². The Hall–Kier alpha value is -4.12. The Morgan fingerprint density at radius 3 is 1.71 bits per heavy atom. The summed E-state index contributed by atoms with van der Waals surface area (Å²) in [5.74, 6) is 1.00. The Morgan fingerprint density at radius 2 is 1.06 bits per heavy atom. The first-order chi connectivity index (χ1) is 15.3. The minimum atomic E-state index is 0.330. The molecule has 4 aromatic carbocycles. The van der Waals surface area contributed by atoms with Crippen molar-refractivity contribution >= 4 is 11.4 Å². The predicted octanol–water partition coefficient (Wildman–Crippen LogP) is 6.77. The fourth-order valence-electron chi connectivity index (χ4n) is 3.02. The van der Waals surface area contributed by atoms with Gasteiger partial charge in [0.15, 0.2) is 17.2 Å². The highest BCUT2D eigenvalue weighted by molar-refractivity contribution is 5.51. The first-order valence-corrected chi connectivity index (χ1v) is 10.00. The summed E-state index contributed by atoms with van der Waals surface area (Å²) < 4.78 is 11.8. The standard InChI is InChI=1S/C26H22N2O3/c29-28(24-16-8-10-18-26(24)31-20-22-13-5-2-6-14-22)27-23-15-7-9-17-25(23)30-19-21-11-3-1-4-12-21/h1-18H,19-20H2. The van der Waals surface area contributed by atoms with Crippen LogP contribution in [0.25, 0.3) is 0 Å².